The molecule has 0 unspecified atom stereocenters. The van der Waals surface area contributed by atoms with Gasteiger partial charge in [-0.05, 0) is 66.9 Å². The first kappa shape index (κ1) is 17.4. The van der Waals surface area contributed by atoms with Gasteiger partial charge in [-0.2, -0.15) is 0 Å². The second-order valence-electron chi connectivity index (χ2n) is 5.54. The van der Waals surface area contributed by atoms with Gasteiger partial charge in [0.1, 0.15) is 0 Å². The highest BCUT2D eigenvalue weighted by Gasteiger charge is 2.06. The van der Waals surface area contributed by atoms with Gasteiger partial charge in [0.05, 0.1) is 5.69 Å². The molecule has 1 amide bonds. The minimum atomic E-state index is -0.00213. The maximum atomic E-state index is 12.0. The number of aryl methyl sites for hydroxylation is 3. The average Bonchev–Trinajstić information content (AvgIpc) is 2.46. The molecule has 0 spiro atoms. The highest BCUT2D eigenvalue weighted by Crippen LogP contribution is 2.23. The minimum absolute atomic E-state index is 0.00213. The van der Waals surface area contributed by atoms with Gasteiger partial charge in [0.2, 0.25) is 11.9 Å². The van der Waals surface area contributed by atoms with Crippen LogP contribution in [0.25, 0.3) is 0 Å². The van der Waals surface area contributed by atoms with E-state index >= 15 is 0 Å². The SMILES string of the molecule is Cc1ccc(NC(=O)CCCNc2nc(C)cc(C)n2)c(Br)c1. The van der Waals surface area contributed by atoms with Gasteiger partial charge < -0.3 is 10.6 Å². The number of rotatable bonds is 6. The van der Waals surface area contributed by atoms with Crippen LogP contribution in [0.4, 0.5) is 11.6 Å². The summed E-state index contributed by atoms with van der Waals surface area (Å²) in [4.78, 5) is 20.6. The molecule has 0 aliphatic carbocycles. The molecule has 23 heavy (non-hydrogen) atoms. The molecule has 1 aromatic carbocycles. The lowest BCUT2D eigenvalue weighted by Gasteiger charge is -2.09. The van der Waals surface area contributed by atoms with Crippen LogP contribution in [0.5, 0.6) is 0 Å². The normalized spacial score (nSPS) is 10.4. The van der Waals surface area contributed by atoms with Crippen molar-refractivity contribution < 1.29 is 4.79 Å². The molecule has 0 saturated heterocycles. The fourth-order valence-corrected chi connectivity index (χ4v) is 2.78. The Hall–Kier alpha value is -1.95. The largest absolute Gasteiger partial charge is 0.354 e. The van der Waals surface area contributed by atoms with Gasteiger partial charge in [0.15, 0.2) is 0 Å². The maximum absolute atomic E-state index is 12.0. The molecule has 0 radical (unpaired) electrons. The number of amides is 1. The van der Waals surface area contributed by atoms with Gasteiger partial charge in [-0.15, -0.1) is 0 Å². The Labute approximate surface area is 145 Å². The molecule has 0 aliphatic heterocycles. The molecule has 6 heteroatoms. The number of carbonyl (C=O) groups excluding carboxylic acids is 1. The number of benzene rings is 1. The summed E-state index contributed by atoms with van der Waals surface area (Å²) in [6.45, 7) is 6.54. The van der Waals surface area contributed by atoms with Crippen LogP contribution in [0.15, 0.2) is 28.7 Å². The number of carbonyl (C=O) groups is 1. The summed E-state index contributed by atoms with van der Waals surface area (Å²) in [6, 6.07) is 7.78. The van der Waals surface area contributed by atoms with Crippen LogP contribution < -0.4 is 10.6 Å². The van der Waals surface area contributed by atoms with Crippen molar-refractivity contribution in [3.05, 3.63) is 45.7 Å². The van der Waals surface area contributed by atoms with Crippen molar-refractivity contribution in [1.82, 2.24) is 9.97 Å². The summed E-state index contributed by atoms with van der Waals surface area (Å²) in [5.41, 5.74) is 3.81. The van der Waals surface area contributed by atoms with Crippen molar-refractivity contribution in [2.75, 3.05) is 17.2 Å². The van der Waals surface area contributed by atoms with Crippen molar-refractivity contribution in [2.45, 2.75) is 33.6 Å². The smallest absolute Gasteiger partial charge is 0.224 e. The second-order valence-corrected chi connectivity index (χ2v) is 6.39. The van der Waals surface area contributed by atoms with E-state index < -0.39 is 0 Å². The van der Waals surface area contributed by atoms with E-state index in [2.05, 4.69) is 36.5 Å². The number of aromatic nitrogens is 2. The maximum Gasteiger partial charge on any atom is 0.224 e. The zero-order chi connectivity index (χ0) is 16.8. The highest BCUT2D eigenvalue weighted by atomic mass is 79.9. The Morgan fingerprint density at radius 2 is 1.83 bits per heavy atom. The molecule has 0 aliphatic rings. The molecular weight excluding hydrogens is 356 g/mol. The van der Waals surface area contributed by atoms with E-state index in [1.807, 2.05) is 45.0 Å². The number of hydrogen-bond donors (Lipinski definition) is 2. The fraction of sp³-hybridized carbons (Fsp3) is 0.353. The molecule has 122 valence electrons. The van der Waals surface area contributed by atoms with Crippen molar-refractivity contribution in [1.29, 1.82) is 0 Å². The average molecular weight is 377 g/mol. The number of halogens is 1. The van der Waals surface area contributed by atoms with Crippen molar-refractivity contribution in [2.24, 2.45) is 0 Å². The van der Waals surface area contributed by atoms with Crippen molar-refractivity contribution in [3.63, 3.8) is 0 Å². The lowest BCUT2D eigenvalue weighted by Crippen LogP contribution is -2.14. The summed E-state index contributed by atoms with van der Waals surface area (Å²) in [7, 11) is 0. The number of anilines is 2. The monoisotopic (exact) mass is 376 g/mol. The number of hydrogen-bond acceptors (Lipinski definition) is 4. The Morgan fingerprint density at radius 1 is 1.13 bits per heavy atom. The van der Waals surface area contributed by atoms with E-state index in [9.17, 15) is 4.79 Å². The van der Waals surface area contributed by atoms with Crippen molar-refractivity contribution >= 4 is 33.5 Å². The van der Waals surface area contributed by atoms with Crippen LogP contribution in [-0.4, -0.2) is 22.4 Å². The van der Waals surface area contributed by atoms with Gasteiger partial charge >= 0.3 is 0 Å². The summed E-state index contributed by atoms with van der Waals surface area (Å²) < 4.78 is 0.896. The van der Waals surface area contributed by atoms with Crippen LogP contribution >= 0.6 is 15.9 Å². The molecule has 1 aromatic heterocycles. The second kappa shape index (κ2) is 8.06. The van der Waals surface area contributed by atoms with Crippen LogP contribution in [0.1, 0.15) is 29.8 Å². The molecule has 0 bridgehead atoms. The van der Waals surface area contributed by atoms with Crippen molar-refractivity contribution in [3.8, 4) is 0 Å². The molecule has 0 fully saturated rings. The zero-order valence-corrected chi connectivity index (χ0v) is 15.2. The Balaban J connectivity index is 1.76. The summed E-state index contributed by atoms with van der Waals surface area (Å²) in [5.74, 6) is 0.613. The van der Waals surface area contributed by atoms with Crippen LogP contribution in [0.3, 0.4) is 0 Å². The van der Waals surface area contributed by atoms with Crippen LogP contribution in [0.2, 0.25) is 0 Å². The standard InChI is InChI=1S/C17H21BrN4O/c1-11-6-7-15(14(18)9-11)22-16(23)5-4-8-19-17-20-12(2)10-13(3)21-17/h6-7,9-10H,4-5,8H2,1-3H3,(H,22,23)(H,19,20,21). The van der Waals surface area contributed by atoms with E-state index in [-0.39, 0.29) is 5.91 Å². The van der Waals surface area contributed by atoms with E-state index in [0.717, 1.165) is 27.1 Å². The molecule has 1 heterocycles. The number of nitrogens with zero attached hydrogens (tertiary/aromatic N) is 2. The number of nitrogens with one attached hydrogen (secondary N) is 2. The first-order chi connectivity index (χ1) is 10.9. The lowest BCUT2D eigenvalue weighted by molar-refractivity contribution is -0.116. The van der Waals surface area contributed by atoms with Gasteiger partial charge in [0.25, 0.3) is 0 Å². The molecular formula is C17H21BrN4O. The Kier molecular flexibility index (Phi) is 6.10. The Bertz CT molecular complexity index is 683. The molecule has 2 N–H and O–H groups in total. The molecule has 0 saturated carbocycles. The first-order valence-corrected chi connectivity index (χ1v) is 8.35. The molecule has 2 aromatic rings. The summed E-state index contributed by atoms with van der Waals surface area (Å²) in [5, 5.41) is 6.06. The molecule has 5 nitrogen and oxygen atoms in total. The summed E-state index contributed by atoms with van der Waals surface area (Å²) in [6.07, 6.45) is 1.16. The van der Waals surface area contributed by atoms with E-state index in [1.54, 1.807) is 0 Å². The predicted molar refractivity (Wildman–Crippen MR) is 96.7 cm³/mol. The van der Waals surface area contributed by atoms with Crippen LogP contribution in [-0.2, 0) is 4.79 Å². The Morgan fingerprint density at radius 3 is 2.48 bits per heavy atom. The van der Waals surface area contributed by atoms with Gasteiger partial charge in [-0.1, -0.05) is 6.07 Å². The highest BCUT2D eigenvalue weighted by molar-refractivity contribution is 9.10. The fourth-order valence-electron chi connectivity index (χ4n) is 2.19. The molecule has 0 atom stereocenters. The van der Waals surface area contributed by atoms with E-state index in [4.69, 9.17) is 0 Å². The lowest BCUT2D eigenvalue weighted by atomic mass is 10.2. The topological polar surface area (TPSA) is 66.9 Å². The first-order valence-electron chi connectivity index (χ1n) is 7.56. The van der Waals surface area contributed by atoms with E-state index in [1.165, 1.54) is 0 Å². The zero-order valence-electron chi connectivity index (χ0n) is 13.6. The third kappa shape index (κ3) is 5.63. The minimum Gasteiger partial charge on any atom is -0.354 e. The van der Waals surface area contributed by atoms with Gasteiger partial charge in [-0.25, -0.2) is 9.97 Å². The quantitative estimate of drug-likeness (QED) is 0.747. The predicted octanol–water partition coefficient (Wildman–Crippen LogP) is 4.00. The third-order valence-electron chi connectivity index (χ3n) is 3.24. The molecule has 2 rings (SSSR count). The van der Waals surface area contributed by atoms with E-state index in [0.29, 0.717) is 25.3 Å². The van der Waals surface area contributed by atoms with Gasteiger partial charge in [0, 0.05) is 28.8 Å². The van der Waals surface area contributed by atoms with Crippen LogP contribution in [0, 0.1) is 20.8 Å². The van der Waals surface area contributed by atoms with Gasteiger partial charge in [-0.3, -0.25) is 4.79 Å². The third-order valence-corrected chi connectivity index (χ3v) is 3.90. The summed E-state index contributed by atoms with van der Waals surface area (Å²) >= 11 is 3.46.